The third kappa shape index (κ3) is 6.00. The Labute approximate surface area is 130 Å². The summed E-state index contributed by atoms with van der Waals surface area (Å²) < 4.78 is 0. The third-order valence-electron chi connectivity index (χ3n) is 3.11. The maximum Gasteiger partial charge on any atom is 0.230 e. The molecular formula is C17H20N2OS. The summed E-state index contributed by atoms with van der Waals surface area (Å²) in [6.07, 6.45) is 3.67. The molecule has 1 amide bonds. The predicted molar refractivity (Wildman–Crippen MR) is 87.3 cm³/mol. The van der Waals surface area contributed by atoms with E-state index in [0.717, 1.165) is 17.9 Å². The van der Waals surface area contributed by atoms with E-state index < -0.39 is 0 Å². The number of thioether (sulfide) groups is 1. The average molecular weight is 300 g/mol. The fourth-order valence-electron chi connectivity index (χ4n) is 1.99. The van der Waals surface area contributed by atoms with E-state index in [0.29, 0.717) is 5.75 Å². The number of carbonyl (C=O) groups excluding carboxylic acids is 1. The van der Waals surface area contributed by atoms with E-state index in [2.05, 4.69) is 22.4 Å². The largest absolute Gasteiger partial charge is 0.353 e. The molecule has 0 bridgehead atoms. The summed E-state index contributed by atoms with van der Waals surface area (Å²) >= 11 is 1.46. The van der Waals surface area contributed by atoms with E-state index >= 15 is 0 Å². The predicted octanol–water partition coefficient (Wildman–Crippen LogP) is 3.31. The summed E-state index contributed by atoms with van der Waals surface area (Å²) in [5.74, 6) is 0.471. The number of nitrogens with one attached hydrogen (secondary N) is 1. The first kappa shape index (κ1) is 15.6. The van der Waals surface area contributed by atoms with Gasteiger partial charge in [-0.25, -0.2) is 4.98 Å². The van der Waals surface area contributed by atoms with Crippen molar-refractivity contribution in [2.24, 2.45) is 0 Å². The SMILES string of the molecule is C[C@@H](CCc1ccccc1)NC(=O)CSc1ccccn1. The molecule has 3 nitrogen and oxygen atoms in total. The first-order chi connectivity index (χ1) is 10.2. The van der Waals surface area contributed by atoms with E-state index in [4.69, 9.17) is 0 Å². The molecule has 0 aliphatic rings. The van der Waals surface area contributed by atoms with Gasteiger partial charge in [-0.05, 0) is 37.5 Å². The summed E-state index contributed by atoms with van der Waals surface area (Å²) in [4.78, 5) is 16.1. The number of benzene rings is 1. The number of carbonyl (C=O) groups is 1. The highest BCUT2D eigenvalue weighted by atomic mass is 32.2. The molecule has 1 aromatic carbocycles. The zero-order valence-corrected chi connectivity index (χ0v) is 13.0. The van der Waals surface area contributed by atoms with Crippen molar-refractivity contribution in [2.75, 3.05) is 5.75 Å². The molecule has 0 spiro atoms. The number of rotatable bonds is 7. The molecule has 0 fully saturated rings. The number of nitrogens with zero attached hydrogens (tertiary/aromatic N) is 1. The molecule has 21 heavy (non-hydrogen) atoms. The van der Waals surface area contributed by atoms with E-state index in [1.165, 1.54) is 17.3 Å². The molecule has 1 heterocycles. The van der Waals surface area contributed by atoms with Gasteiger partial charge in [-0.3, -0.25) is 4.79 Å². The lowest BCUT2D eigenvalue weighted by Crippen LogP contribution is -2.34. The molecule has 0 saturated heterocycles. The second-order valence-electron chi connectivity index (χ2n) is 4.95. The van der Waals surface area contributed by atoms with Crippen molar-refractivity contribution in [3.63, 3.8) is 0 Å². The van der Waals surface area contributed by atoms with Crippen LogP contribution in [0.1, 0.15) is 18.9 Å². The van der Waals surface area contributed by atoms with Crippen LogP contribution >= 0.6 is 11.8 Å². The molecule has 2 aromatic rings. The number of hydrogen-bond acceptors (Lipinski definition) is 3. The maximum absolute atomic E-state index is 11.9. The van der Waals surface area contributed by atoms with E-state index in [-0.39, 0.29) is 11.9 Å². The topological polar surface area (TPSA) is 42.0 Å². The lowest BCUT2D eigenvalue weighted by Gasteiger charge is -2.13. The van der Waals surface area contributed by atoms with Gasteiger partial charge in [0.25, 0.3) is 0 Å². The van der Waals surface area contributed by atoms with Gasteiger partial charge in [0.2, 0.25) is 5.91 Å². The Bertz CT molecular complexity index is 545. The monoisotopic (exact) mass is 300 g/mol. The van der Waals surface area contributed by atoms with Crippen LogP contribution < -0.4 is 5.32 Å². The molecule has 110 valence electrons. The van der Waals surface area contributed by atoms with Crippen LogP contribution in [0.4, 0.5) is 0 Å². The van der Waals surface area contributed by atoms with E-state index in [9.17, 15) is 4.79 Å². The molecule has 0 saturated carbocycles. The number of aromatic nitrogens is 1. The quantitative estimate of drug-likeness (QED) is 0.798. The standard InChI is InChI=1S/C17H20N2OS/c1-14(10-11-15-7-3-2-4-8-15)19-16(20)13-21-17-9-5-6-12-18-17/h2-9,12,14H,10-11,13H2,1H3,(H,19,20)/t14-/m0/s1. The average Bonchev–Trinajstić information content (AvgIpc) is 2.53. The first-order valence-electron chi connectivity index (χ1n) is 7.11. The van der Waals surface area contributed by atoms with Crippen LogP contribution in [0.25, 0.3) is 0 Å². The van der Waals surface area contributed by atoms with E-state index in [1.807, 2.05) is 43.3 Å². The van der Waals surface area contributed by atoms with Crippen molar-refractivity contribution in [1.82, 2.24) is 10.3 Å². The second kappa shape index (κ2) is 8.47. The summed E-state index contributed by atoms with van der Waals surface area (Å²) in [5, 5.41) is 3.91. The van der Waals surface area contributed by atoms with Gasteiger partial charge in [0.1, 0.15) is 0 Å². The number of pyridine rings is 1. The van der Waals surface area contributed by atoms with Crippen LogP contribution in [-0.2, 0) is 11.2 Å². The van der Waals surface area contributed by atoms with Gasteiger partial charge in [-0.1, -0.05) is 48.2 Å². The van der Waals surface area contributed by atoms with Crippen LogP contribution in [0, 0.1) is 0 Å². The van der Waals surface area contributed by atoms with Gasteiger partial charge >= 0.3 is 0 Å². The highest BCUT2D eigenvalue weighted by Gasteiger charge is 2.08. The van der Waals surface area contributed by atoms with Gasteiger partial charge in [-0.15, -0.1) is 0 Å². The highest BCUT2D eigenvalue weighted by Crippen LogP contribution is 2.13. The zero-order chi connectivity index (χ0) is 14.9. The minimum absolute atomic E-state index is 0.0613. The second-order valence-corrected chi connectivity index (χ2v) is 5.95. The smallest absolute Gasteiger partial charge is 0.230 e. The molecule has 2 rings (SSSR count). The third-order valence-corrected chi connectivity index (χ3v) is 4.05. The van der Waals surface area contributed by atoms with Crippen LogP contribution in [0.5, 0.6) is 0 Å². The number of aryl methyl sites for hydroxylation is 1. The van der Waals surface area contributed by atoms with Crippen LogP contribution in [0.15, 0.2) is 59.8 Å². The molecule has 1 atom stereocenters. The van der Waals surface area contributed by atoms with Crippen molar-refractivity contribution in [2.45, 2.75) is 30.8 Å². The summed E-state index contributed by atoms with van der Waals surface area (Å²) in [5.41, 5.74) is 1.31. The normalized spacial score (nSPS) is 11.9. The van der Waals surface area contributed by atoms with Gasteiger partial charge < -0.3 is 5.32 Å². The fourth-order valence-corrected chi connectivity index (χ4v) is 2.66. The van der Waals surface area contributed by atoms with Gasteiger partial charge in [-0.2, -0.15) is 0 Å². The zero-order valence-electron chi connectivity index (χ0n) is 12.2. The fraction of sp³-hybridized carbons (Fsp3) is 0.294. The highest BCUT2D eigenvalue weighted by molar-refractivity contribution is 7.99. The van der Waals surface area contributed by atoms with E-state index in [1.54, 1.807) is 6.20 Å². The minimum Gasteiger partial charge on any atom is -0.353 e. The molecule has 0 aliphatic carbocycles. The van der Waals surface area contributed by atoms with Crippen molar-refractivity contribution < 1.29 is 4.79 Å². The van der Waals surface area contributed by atoms with Crippen LogP contribution in [0.2, 0.25) is 0 Å². The Morgan fingerprint density at radius 1 is 1.19 bits per heavy atom. The van der Waals surface area contributed by atoms with Gasteiger partial charge in [0.05, 0.1) is 10.8 Å². The summed E-state index contributed by atoms with van der Waals surface area (Å²) in [6.45, 7) is 2.05. The number of amides is 1. The van der Waals surface area contributed by atoms with Crippen molar-refractivity contribution in [3.8, 4) is 0 Å². The lowest BCUT2D eigenvalue weighted by molar-refractivity contribution is -0.119. The molecule has 0 radical (unpaired) electrons. The Morgan fingerprint density at radius 3 is 2.67 bits per heavy atom. The Kier molecular flexibility index (Phi) is 6.28. The van der Waals surface area contributed by atoms with Crippen molar-refractivity contribution in [3.05, 3.63) is 60.3 Å². The Hall–Kier alpha value is -1.81. The van der Waals surface area contributed by atoms with Gasteiger partial charge in [0, 0.05) is 12.2 Å². The molecule has 1 N–H and O–H groups in total. The minimum atomic E-state index is 0.0613. The Balaban J connectivity index is 1.67. The number of hydrogen-bond donors (Lipinski definition) is 1. The summed E-state index contributed by atoms with van der Waals surface area (Å²) in [7, 11) is 0. The van der Waals surface area contributed by atoms with Gasteiger partial charge in [0.15, 0.2) is 0 Å². The molecular weight excluding hydrogens is 280 g/mol. The Morgan fingerprint density at radius 2 is 1.95 bits per heavy atom. The lowest BCUT2D eigenvalue weighted by atomic mass is 10.1. The molecule has 4 heteroatoms. The van der Waals surface area contributed by atoms with Crippen LogP contribution in [-0.4, -0.2) is 22.7 Å². The molecule has 1 aromatic heterocycles. The first-order valence-corrected chi connectivity index (χ1v) is 8.10. The van der Waals surface area contributed by atoms with Crippen LogP contribution in [0.3, 0.4) is 0 Å². The maximum atomic E-state index is 11.9. The molecule has 0 aliphatic heterocycles. The van der Waals surface area contributed by atoms with Crippen molar-refractivity contribution >= 4 is 17.7 Å². The van der Waals surface area contributed by atoms with Crippen molar-refractivity contribution in [1.29, 1.82) is 0 Å². The summed E-state index contributed by atoms with van der Waals surface area (Å²) in [6, 6.07) is 16.2. The molecule has 0 unspecified atom stereocenters.